The number of benzene rings is 3. The predicted octanol–water partition coefficient (Wildman–Crippen LogP) is 5.03. The molecule has 0 aliphatic carbocycles. The van der Waals surface area contributed by atoms with Crippen LogP contribution in [0.25, 0.3) is 0 Å². The van der Waals surface area contributed by atoms with Gasteiger partial charge in [0, 0.05) is 23.2 Å². The Labute approximate surface area is 192 Å². The third-order valence-corrected chi connectivity index (χ3v) is 6.16. The quantitative estimate of drug-likeness (QED) is 0.593. The fourth-order valence-corrected chi connectivity index (χ4v) is 4.54. The minimum absolute atomic E-state index is 0.189. The van der Waals surface area contributed by atoms with E-state index in [1.807, 2.05) is 56.3 Å². The molecule has 0 spiro atoms. The van der Waals surface area contributed by atoms with Crippen molar-refractivity contribution in [3.8, 4) is 11.5 Å². The summed E-state index contributed by atoms with van der Waals surface area (Å²) < 4.78 is 11.9. The first-order chi connectivity index (χ1) is 15.9. The number of carbonyl (C=O) groups is 2. The standard InChI is InChI=1S/C26H25N3O4/c1-16-10-12-18(13-11-16)27-24(30)17-6-4-7-19(14-17)29-25(31)28-21-15-26(29,2)33-23-20(21)8-5-9-22(23)32-3/h4-14,21H,15H2,1-3H3,(H,27,30)(H,28,31)/t21-,26+/m1/s1. The minimum atomic E-state index is -0.944. The van der Waals surface area contributed by atoms with E-state index >= 15 is 0 Å². The first kappa shape index (κ1) is 20.9. The van der Waals surface area contributed by atoms with Gasteiger partial charge in [-0.3, -0.25) is 9.69 Å². The molecule has 0 saturated carbocycles. The molecule has 7 nitrogen and oxygen atoms in total. The lowest BCUT2D eigenvalue weighted by Crippen LogP contribution is -2.65. The maximum atomic E-state index is 13.2. The van der Waals surface area contributed by atoms with Crippen LogP contribution >= 0.6 is 0 Å². The highest BCUT2D eigenvalue weighted by atomic mass is 16.5. The van der Waals surface area contributed by atoms with E-state index in [1.165, 1.54) is 0 Å². The van der Waals surface area contributed by atoms with Crippen LogP contribution in [0.2, 0.25) is 0 Å². The van der Waals surface area contributed by atoms with Gasteiger partial charge in [-0.1, -0.05) is 35.9 Å². The molecule has 2 aliphatic rings. The lowest BCUT2D eigenvalue weighted by molar-refractivity contribution is 0.0349. The first-order valence-electron chi connectivity index (χ1n) is 10.8. The van der Waals surface area contributed by atoms with Crippen molar-refractivity contribution < 1.29 is 19.1 Å². The normalized spacial score (nSPS) is 20.9. The Bertz CT molecular complexity index is 1240. The molecule has 5 rings (SSSR count). The van der Waals surface area contributed by atoms with Gasteiger partial charge < -0.3 is 20.1 Å². The van der Waals surface area contributed by atoms with Gasteiger partial charge in [0.25, 0.3) is 5.91 Å². The Morgan fingerprint density at radius 3 is 2.67 bits per heavy atom. The SMILES string of the molecule is COc1cccc2c1O[C@@]1(C)C[C@H]2NC(=O)N1c1cccc(C(=O)Nc2ccc(C)cc2)c1. The average molecular weight is 444 g/mol. The minimum Gasteiger partial charge on any atom is -0.493 e. The van der Waals surface area contributed by atoms with E-state index in [-0.39, 0.29) is 18.0 Å². The van der Waals surface area contributed by atoms with Gasteiger partial charge in [0.1, 0.15) is 0 Å². The fraction of sp³-hybridized carbons (Fsp3) is 0.231. The number of hydrogen-bond acceptors (Lipinski definition) is 4. The second-order valence-corrected chi connectivity index (χ2v) is 8.57. The first-order valence-corrected chi connectivity index (χ1v) is 10.8. The summed E-state index contributed by atoms with van der Waals surface area (Å²) in [5.41, 5.74) is 2.79. The van der Waals surface area contributed by atoms with E-state index in [4.69, 9.17) is 9.47 Å². The number of ether oxygens (including phenoxy) is 2. The highest BCUT2D eigenvalue weighted by molar-refractivity contribution is 6.05. The van der Waals surface area contributed by atoms with Crippen LogP contribution in [0.1, 0.15) is 40.9 Å². The van der Waals surface area contributed by atoms with Crippen molar-refractivity contribution >= 4 is 23.3 Å². The van der Waals surface area contributed by atoms with Gasteiger partial charge in [0.05, 0.1) is 18.8 Å². The Morgan fingerprint density at radius 1 is 1.15 bits per heavy atom. The molecule has 7 heteroatoms. The highest BCUT2D eigenvalue weighted by Crippen LogP contribution is 2.49. The van der Waals surface area contributed by atoms with Gasteiger partial charge in [-0.05, 0) is 50.2 Å². The van der Waals surface area contributed by atoms with Crippen molar-refractivity contribution in [2.24, 2.45) is 0 Å². The third kappa shape index (κ3) is 3.65. The van der Waals surface area contributed by atoms with Crippen molar-refractivity contribution in [3.63, 3.8) is 0 Å². The molecule has 3 aromatic rings. The number of amides is 3. The second kappa shape index (κ2) is 7.85. The molecule has 0 unspecified atom stereocenters. The van der Waals surface area contributed by atoms with Crippen LogP contribution in [0, 0.1) is 6.92 Å². The zero-order valence-electron chi connectivity index (χ0n) is 18.7. The Kier molecular flexibility index (Phi) is 4.96. The number of nitrogens with one attached hydrogen (secondary N) is 2. The number of methoxy groups -OCH3 is 1. The molecule has 2 atom stereocenters. The molecule has 2 aliphatic heterocycles. The fourth-order valence-electron chi connectivity index (χ4n) is 4.54. The molecule has 3 amide bonds. The highest BCUT2D eigenvalue weighted by Gasteiger charge is 2.50. The summed E-state index contributed by atoms with van der Waals surface area (Å²) in [6.45, 7) is 3.87. The summed E-state index contributed by atoms with van der Waals surface area (Å²) in [5.74, 6) is 0.987. The largest absolute Gasteiger partial charge is 0.493 e. The zero-order chi connectivity index (χ0) is 23.2. The summed E-state index contributed by atoms with van der Waals surface area (Å²) in [5, 5.41) is 5.98. The summed E-state index contributed by atoms with van der Waals surface area (Å²) in [7, 11) is 1.60. The van der Waals surface area contributed by atoms with Crippen LogP contribution in [0.4, 0.5) is 16.2 Å². The molecule has 0 aromatic heterocycles. The number of rotatable bonds is 4. The molecular weight excluding hydrogens is 418 g/mol. The van der Waals surface area contributed by atoms with E-state index in [0.717, 1.165) is 11.1 Å². The van der Waals surface area contributed by atoms with Crippen molar-refractivity contribution in [3.05, 3.63) is 83.4 Å². The number of para-hydroxylation sites is 1. The summed E-state index contributed by atoms with van der Waals surface area (Å²) in [6.07, 6.45) is 0.554. The number of aryl methyl sites for hydroxylation is 1. The van der Waals surface area contributed by atoms with Gasteiger partial charge in [-0.2, -0.15) is 0 Å². The van der Waals surface area contributed by atoms with E-state index in [2.05, 4.69) is 10.6 Å². The monoisotopic (exact) mass is 443 g/mol. The summed E-state index contributed by atoms with van der Waals surface area (Å²) in [4.78, 5) is 27.6. The lowest BCUT2D eigenvalue weighted by atomic mass is 9.89. The molecule has 1 saturated heterocycles. The Balaban J connectivity index is 1.46. The van der Waals surface area contributed by atoms with Crippen molar-refractivity contribution in [1.29, 1.82) is 0 Å². The van der Waals surface area contributed by atoms with Crippen LogP contribution in [-0.4, -0.2) is 24.8 Å². The van der Waals surface area contributed by atoms with E-state index in [0.29, 0.717) is 34.9 Å². The molecule has 3 aromatic carbocycles. The van der Waals surface area contributed by atoms with E-state index in [9.17, 15) is 9.59 Å². The van der Waals surface area contributed by atoms with Crippen molar-refractivity contribution in [2.45, 2.75) is 32.0 Å². The maximum absolute atomic E-state index is 13.2. The smallest absolute Gasteiger partial charge is 0.325 e. The zero-order valence-corrected chi connectivity index (χ0v) is 18.7. The van der Waals surface area contributed by atoms with Gasteiger partial charge in [0.2, 0.25) is 0 Å². The summed E-state index contributed by atoms with van der Waals surface area (Å²) >= 11 is 0. The van der Waals surface area contributed by atoms with Gasteiger partial charge in [-0.25, -0.2) is 4.79 Å². The second-order valence-electron chi connectivity index (χ2n) is 8.57. The lowest BCUT2D eigenvalue weighted by Gasteiger charge is -2.50. The molecule has 2 N–H and O–H groups in total. The van der Waals surface area contributed by atoms with Crippen LogP contribution in [0.3, 0.4) is 0 Å². The summed E-state index contributed by atoms with van der Waals surface area (Å²) in [6, 6.07) is 19.8. The molecule has 33 heavy (non-hydrogen) atoms. The van der Waals surface area contributed by atoms with Crippen LogP contribution < -0.4 is 25.0 Å². The Hall–Kier alpha value is -4.00. The number of carbonyl (C=O) groups excluding carboxylic acids is 2. The number of hydrogen-bond donors (Lipinski definition) is 2. The van der Waals surface area contributed by atoms with E-state index in [1.54, 1.807) is 36.3 Å². The van der Waals surface area contributed by atoms with Gasteiger partial charge in [-0.15, -0.1) is 0 Å². The topological polar surface area (TPSA) is 79.9 Å². The van der Waals surface area contributed by atoms with E-state index < -0.39 is 5.72 Å². The van der Waals surface area contributed by atoms with Gasteiger partial charge >= 0.3 is 6.03 Å². The predicted molar refractivity (Wildman–Crippen MR) is 126 cm³/mol. The molecule has 2 bridgehead atoms. The van der Waals surface area contributed by atoms with Crippen molar-refractivity contribution in [2.75, 3.05) is 17.3 Å². The third-order valence-electron chi connectivity index (χ3n) is 6.16. The average Bonchev–Trinajstić information content (AvgIpc) is 2.80. The molecular formula is C26H25N3O4. The number of fused-ring (bicyclic) bond motifs is 4. The van der Waals surface area contributed by atoms with Crippen molar-refractivity contribution in [1.82, 2.24) is 5.32 Å². The van der Waals surface area contributed by atoms with Gasteiger partial charge in [0.15, 0.2) is 17.2 Å². The van der Waals surface area contributed by atoms with Crippen LogP contribution in [-0.2, 0) is 0 Å². The van der Waals surface area contributed by atoms with Crippen LogP contribution in [0.15, 0.2) is 66.7 Å². The molecule has 2 heterocycles. The number of nitrogens with zero attached hydrogens (tertiary/aromatic N) is 1. The molecule has 168 valence electrons. The number of anilines is 2. The number of urea groups is 1. The Morgan fingerprint density at radius 2 is 1.91 bits per heavy atom. The maximum Gasteiger partial charge on any atom is 0.325 e. The molecule has 1 fully saturated rings. The van der Waals surface area contributed by atoms with Crippen LogP contribution in [0.5, 0.6) is 11.5 Å². The molecule has 0 radical (unpaired) electrons.